The van der Waals surface area contributed by atoms with Crippen LogP contribution >= 0.6 is 0 Å². The molecule has 2 saturated carbocycles. The van der Waals surface area contributed by atoms with E-state index in [9.17, 15) is 4.39 Å². The molecule has 0 unspecified atom stereocenters. The zero-order valence-electron chi connectivity index (χ0n) is 21.6. The topological polar surface area (TPSA) is 0 Å². The van der Waals surface area contributed by atoms with Gasteiger partial charge in [0, 0.05) is 0 Å². The lowest BCUT2D eigenvalue weighted by atomic mass is 9.68. The van der Waals surface area contributed by atoms with Crippen LogP contribution in [0, 0.1) is 23.7 Å². The highest BCUT2D eigenvalue weighted by Crippen LogP contribution is 2.43. The van der Waals surface area contributed by atoms with E-state index in [1.54, 1.807) is 0 Å². The Balaban J connectivity index is 1.15. The van der Waals surface area contributed by atoms with E-state index < -0.39 is 0 Å². The Morgan fingerprint density at radius 3 is 1.53 bits per heavy atom. The number of alkyl halides is 1. The van der Waals surface area contributed by atoms with Gasteiger partial charge in [0.05, 0.1) is 6.67 Å². The molecule has 2 aliphatic carbocycles. The maximum atomic E-state index is 12.3. The van der Waals surface area contributed by atoms with Gasteiger partial charge in [-0.3, -0.25) is 4.39 Å². The fraction of sp³-hybridized carbons (Fsp3) is 0.636. The fourth-order valence-corrected chi connectivity index (χ4v) is 6.81. The van der Waals surface area contributed by atoms with Crippen LogP contribution in [-0.4, -0.2) is 6.67 Å². The number of hydrogen-bond acceptors (Lipinski definition) is 0. The molecule has 0 amide bonds. The van der Waals surface area contributed by atoms with Gasteiger partial charge in [0.2, 0.25) is 0 Å². The SMILES string of the molecule is CCCc1ccc(-c2ccc(CCC3CCC(C4CCC(CCCCF)CC4)CC3)cc2)cc1. The summed E-state index contributed by atoms with van der Waals surface area (Å²) in [5.74, 6) is 3.80. The zero-order valence-corrected chi connectivity index (χ0v) is 21.6. The van der Waals surface area contributed by atoms with Crippen LogP contribution in [0.5, 0.6) is 0 Å². The number of halogens is 1. The summed E-state index contributed by atoms with van der Waals surface area (Å²) in [5.41, 5.74) is 5.61. The summed E-state index contributed by atoms with van der Waals surface area (Å²) in [5, 5.41) is 0. The summed E-state index contributed by atoms with van der Waals surface area (Å²) >= 11 is 0. The van der Waals surface area contributed by atoms with Gasteiger partial charge in [0.15, 0.2) is 0 Å². The summed E-state index contributed by atoms with van der Waals surface area (Å²) in [4.78, 5) is 0. The van der Waals surface area contributed by atoms with Crippen LogP contribution < -0.4 is 0 Å². The molecule has 34 heavy (non-hydrogen) atoms. The molecular formula is C33H47F. The van der Waals surface area contributed by atoms with Crippen LogP contribution in [0.1, 0.15) is 102 Å². The first-order chi connectivity index (χ1) is 16.7. The van der Waals surface area contributed by atoms with E-state index in [1.165, 1.54) is 106 Å². The van der Waals surface area contributed by atoms with Gasteiger partial charge >= 0.3 is 0 Å². The normalized spacial score (nSPS) is 25.4. The molecule has 0 N–H and O–H groups in total. The maximum absolute atomic E-state index is 12.3. The van der Waals surface area contributed by atoms with E-state index in [2.05, 4.69) is 55.5 Å². The molecule has 2 aliphatic rings. The van der Waals surface area contributed by atoms with Crippen molar-refractivity contribution in [2.75, 3.05) is 6.67 Å². The van der Waals surface area contributed by atoms with E-state index in [4.69, 9.17) is 0 Å². The second kappa shape index (κ2) is 13.5. The van der Waals surface area contributed by atoms with Gasteiger partial charge in [-0.1, -0.05) is 100 Å². The van der Waals surface area contributed by atoms with Gasteiger partial charge in [-0.05, 0) is 97.3 Å². The quantitative estimate of drug-likeness (QED) is 0.291. The average molecular weight is 463 g/mol. The zero-order chi connectivity index (χ0) is 23.6. The molecule has 186 valence electrons. The first-order valence-electron chi connectivity index (χ1n) is 14.5. The van der Waals surface area contributed by atoms with Crippen LogP contribution in [-0.2, 0) is 12.8 Å². The molecule has 0 spiro atoms. The van der Waals surface area contributed by atoms with Crippen LogP contribution in [0.2, 0.25) is 0 Å². The van der Waals surface area contributed by atoms with Gasteiger partial charge in [0.1, 0.15) is 0 Å². The smallest absolute Gasteiger partial charge is 0.0894 e. The number of aryl methyl sites for hydroxylation is 2. The Labute approximate surface area is 208 Å². The monoisotopic (exact) mass is 462 g/mol. The third-order valence-electron chi connectivity index (χ3n) is 9.07. The molecule has 0 nitrogen and oxygen atoms in total. The van der Waals surface area contributed by atoms with Crippen LogP contribution in [0.15, 0.2) is 48.5 Å². The first kappa shape index (κ1) is 25.5. The standard InChI is InChI=1S/C33H47F/c1-2-5-26-9-17-30(18-10-26)32-21-13-28(14-22-32)7-8-29-15-23-33(24-16-29)31-19-11-27(12-20-31)6-3-4-25-34/h9-10,13-14,17-18,21-22,27,29,31,33H,2-8,11-12,15-16,19-20,23-25H2,1H3. The Morgan fingerprint density at radius 1 is 0.588 bits per heavy atom. The predicted molar refractivity (Wildman–Crippen MR) is 145 cm³/mol. The Bertz CT molecular complexity index is 805. The molecule has 0 aromatic heterocycles. The molecule has 0 atom stereocenters. The van der Waals surface area contributed by atoms with E-state index >= 15 is 0 Å². The van der Waals surface area contributed by atoms with Crippen molar-refractivity contribution in [3.05, 3.63) is 59.7 Å². The van der Waals surface area contributed by atoms with Crippen molar-refractivity contribution < 1.29 is 4.39 Å². The lowest BCUT2D eigenvalue weighted by Gasteiger charge is -2.38. The van der Waals surface area contributed by atoms with E-state index in [-0.39, 0.29) is 6.67 Å². The fourth-order valence-electron chi connectivity index (χ4n) is 6.81. The van der Waals surface area contributed by atoms with Crippen LogP contribution in [0.4, 0.5) is 4.39 Å². The highest BCUT2D eigenvalue weighted by molar-refractivity contribution is 5.64. The van der Waals surface area contributed by atoms with Crippen LogP contribution in [0.25, 0.3) is 11.1 Å². The third kappa shape index (κ3) is 7.43. The molecule has 0 radical (unpaired) electrons. The largest absolute Gasteiger partial charge is 0.251 e. The van der Waals surface area contributed by atoms with Gasteiger partial charge in [-0.25, -0.2) is 0 Å². The summed E-state index contributed by atoms with van der Waals surface area (Å²) in [6, 6.07) is 18.5. The van der Waals surface area contributed by atoms with E-state index in [0.29, 0.717) is 0 Å². The first-order valence-corrected chi connectivity index (χ1v) is 14.5. The summed E-state index contributed by atoms with van der Waals surface area (Å²) in [6.07, 6.45) is 19.7. The molecule has 0 saturated heterocycles. The summed E-state index contributed by atoms with van der Waals surface area (Å²) < 4.78 is 12.3. The van der Waals surface area contributed by atoms with Gasteiger partial charge in [0.25, 0.3) is 0 Å². The molecule has 0 aliphatic heterocycles. The average Bonchev–Trinajstić information content (AvgIpc) is 2.89. The Kier molecular flexibility index (Phi) is 10.1. The lowest BCUT2D eigenvalue weighted by molar-refractivity contribution is 0.140. The Morgan fingerprint density at radius 2 is 1.06 bits per heavy atom. The van der Waals surface area contributed by atoms with E-state index in [1.807, 2.05) is 0 Å². The number of rotatable bonds is 11. The minimum atomic E-state index is -0.128. The van der Waals surface area contributed by atoms with E-state index in [0.717, 1.165) is 36.5 Å². The highest BCUT2D eigenvalue weighted by atomic mass is 19.1. The minimum absolute atomic E-state index is 0.128. The molecule has 2 aromatic rings. The second-order valence-electron chi connectivity index (χ2n) is 11.4. The molecule has 2 aromatic carbocycles. The van der Waals surface area contributed by atoms with Gasteiger partial charge in [-0.2, -0.15) is 0 Å². The lowest BCUT2D eigenvalue weighted by Crippen LogP contribution is -2.26. The van der Waals surface area contributed by atoms with Crippen molar-refractivity contribution in [1.29, 1.82) is 0 Å². The molecule has 0 bridgehead atoms. The van der Waals surface area contributed by atoms with Gasteiger partial charge < -0.3 is 0 Å². The van der Waals surface area contributed by atoms with Crippen molar-refractivity contribution in [2.24, 2.45) is 23.7 Å². The molecular weight excluding hydrogens is 415 g/mol. The second-order valence-corrected chi connectivity index (χ2v) is 11.4. The van der Waals surface area contributed by atoms with Crippen molar-refractivity contribution in [3.8, 4) is 11.1 Å². The number of unbranched alkanes of at least 4 members (excludes halogenated alkanes) is 1. The molecule has 0 heterocycles. The highest BCUT2D eigenvalue weighted by Gasteiger charge is 2.30. The molecule has 4 rings (SSSR count). The molecule has 2 fully saturated rings. The van der Waals surface area contributed by atoms with Crippen molar-refractivity contribution in [2.45, 2.75) is 103 Å². The van der Waals surface area contributed by atoms with Crippen LogP contribution in [0.3, 0.4) is 0 Å². The maximum Gasteiger partial charge on any atom is 0.0894 e. The summed E-state index contributed by atoms with van der Waals surface area (Å²) in [7, 11) is 0. The van der Waals surface area contributed by atoms with Crippen molar-refractivity contribution in [3.63, 3.8) is 0 Å². The predicted octanol–water partition coefficient (Wildman–Crippen LogP) is 9.99. The van der Waals surface area contributed by atoms with Crippen molar-refractivity contribution in [1.82, 2.24) is 0 Å². The molecule has 1 heteroatoms. The summed E-state index contributed by atoms with van der Waals surface area (Å²) in [6.45, 7) is 2.11. The van der Waals surface area contributed by atoms with Gasteiger partial charge in [-0.15, -0.1) is 0 Å². The number of hydrogen-bond donors (Lipinski definition) is 0. The third-order valence-corrected chi connectivity index (χ3v) is 9.07. The minimum Gasteiger partial charge on any atom is -0.251 e. The number of benzene rings is 2. The Hall–Kier alpha value is -1.63. The van der Waals surface area contributed by atoms with Crippen molar-refractivity contribution >= 4 is 0 Å².